The van der Waals surface area contributed by atoms with Gasteiger partial charge in [-0.1, -0.05) is 18.2 Å². The minimum Gasteiger partial charge on any atom is -0.357 e. The summed E-state index contributed by atoms with van der Waals surface area (Å²) in [5.41, 5.74) is 1.60. The molecule has 0 bridgehead atoms. The first-order valence-corrected chi connectivity index (χ1v) is 7.57. The summed E-state index contributed by atoms with van der Waals surface area (Å²) in [6.07, 6.45) is 0. The van der Waals surface area contributed by atoms with Crippen LogP contribution in [0.25, 0.3) is 0 Å². The molecule has 0 saturated heterocycles. The molecular formula is C18H18F2N4. The highest BCUT2D eigenvalue weighted by Crippen LogP contribution is 2.09. The molecule has 0 heterocycles. The second kappa shape index (κ2) is 8.63. The van der Waals surface area contributed by atoms with Crippen LogP contribution in [0.1, 0.15) is 23.6 Å². The molecule has 0 unspecified atom stereocenters. The smallest absolute Gasteiger partial charge is 0.191 e. The van der Waals surface area contributed by atoms with Crippen LogP contribution in [0.3, 0.4) is 0 Å². The third-order valence-corrected chi connectivity index (χ3v) is 3.31. The molecule has 2 N–H and O–H groups in total. The number of halogens is 2. The highest BCUT2D eigenvalue weighted by atomic mass is 19.1. The number of nitriles is 1. The normalized spacial score (nSPS) is 11.0. The Morgan fingerprint density at radius 2 is 1.88 bits per heavy atom. The number of aliphatic imine (C=N–C) groups is 1. The van der Waals surface area contributed by atoms with Crippen LogP contribution >= 0.6 is 0 Å². The van der Waals surface area contributed by atoms with E-state index < -0.39 is 5.82 Å². The lowest BCUT2D eigenvalue weighted by Gasteiger charge is -2.12. The van der Waals surface area contributed by atoms with Gasteiger partial charge in [0.2, 0.25) is 0 Å². The van der Waals surface area contributed by atoms with E-state index in [4.69, 9.17) is 5.26 Å². The van der Waals surface area contributed by atoms with Gasteiger partial charge in [-0.25, -0.2) is 13.8 Å². The maximum atomic E-state index is 13.9. The molecule has 0 aromatic heterocycles. The predicted molar refractivity (Wildman–Crippen MR) is 89.2 cm³/mol. The van der Waals surface area contributed by atoms with Crippen molar-refractivity contribution < 1.29 is 8.78 Å². The van der Waals surface area contributed by atoms with Crippen LogP contribution in [0.2, 0.25) is 0 Å². The highest BCUT2D eigenvalue weighted by Gasteiger charge is 2.05. The van der Waals surface area contributed by atoms with E-state index in [1.54, 1.807) is 24.3 Å². The molecular weight excluding hydrogens is 310 g/mol. The van der Waals surface area contributed by atoms with Gasteiger partial charge in [-0.3, -0.25) is 0 Å². The van der Waals surface area contributed by atoms with E-state index in [0.29, 0.717) is 24.6 Å². The number of hydrogen-bond donors (Lipinski definition) is 2. The average Bonchev–Trinajstić information content (AvgIpc) is 2.59. The zero-order valence-electron chi connectivity index (χ0n) is 13.3. The SMILES string of the molecule is CCNC(=NCc1ccc(F)cc1)NCc1ccc(C#N)cc1F. The zero-order valence-corrected chi connectivity index (χ0v) is 13.3. The second-order valence-corrected chi connectivity index (χ2v) is 5.09. The molecule has 0 saturated carbocycles. The van der Waals surface area contributed by atoms with Gasteiger partial charge in [-0.2, -0.15) is 5.26 Å². The maximum Gasteiger partial charge on any atom is 0.191 e. The molecule has 0 aliphatic heterocycles. The van der Waals surface area contributed by atoms with Gasteiger partial charge in [0.1, 0.15) is 11.6 Å². The van der Waals surface area contributed by atoms with Gasteiger partial charge in [0.15, 0.2) is 5.96 Å². The van der Waals surface area contributed by atoms with E-state index in [1.807, 2.05) is 13.0 Å². The van der Waals surface area contributed by atoms with E-state index in [0.717, 1.165) is 5.56 Å². The average molecular weight is 328 g/mol. The van der Waals surface area contributed by atoms with E-state index >= 15 is 0 Å². The summed E-state index contributed by atoms with van der Waals surface area (Å²) in [7, 11) is 0. The molecule has 0 aliphatic rings. The van der Waals surface area contributed by atoms with Gasteiger partial charge < -0.3 is 10.6 Å². The van der Waals surface area contributed by atoms with Crippen molar-refractivity contribution in [2.24, 2.45) is 4.99 Å². The van der Waals surface area contributed by atoms with Gasteiger partial charge in [0, 0.05) is 18.7 Å². The van der Waals surface area contributed by atoms with Crippen molar-refractivity contribution in [3.63, 3.8) is 0 Å². The molecule has 0 atom stereocenters. The Labute approximate surface area is 139 Å². The lowest BCUT2D eigenvalue weighted by Crippen LogP contribution is -2.37. The van der Waals surface area contributed by atoms with Gasteiger partial charge >= 0.3 is 0 Å². The number of hydrogen-bond acceptors (Lipinski definition) is 2. The van der Waals surface area contributed by atoms with E-state index in [9.17, 15) is 8.78 Å². The molecule has 24 heavy (non-hydrogen) atoms. The Morgan fingerprint density at radius 1 is 1.12 bits per heavy atom. The molecule has 0 spiro atoms. The molecule has 124 valence electrons. The van der Waals surface area contributed by atoms with Crippen molar-refractivity contribution in [3.05, 3.63) is 70.8 Å². The monoisotopic (exact) mass is 328 g/mol. The highest BCUT2D eigenvalue weighted by molar-refractivity contribution is 5.79. The summed E-state index contributed by atoms with van der Waals surface area (Å²) in [4.78, 5) is 4.39. The summed E-state index contributed by atoms with van der Waals surface area (Å²) in [6.45, 7) is 3.21. The van der Waals surface area contributed by atoms with Crippen molar-refractivity contribution in [2.75, 3.05) is 6.54 Å². The Morgan fingerprint density at radius 3 is 2.50 bits per heavy atom. The first-order valence-electron chi connectivity index (χ1n) is 7.57. The molecule has 2 aromatic rings. The van der Waals surface area contributed by atoms with Crippen molar-refractivity contribution in [2.45, 2.75) is 20.0 Å². The summed E-state index contributed by atoms with van der Waals surface area (Å²) in [5.74, 6) is -0.189. The van der Waals surface area contributed by atoms with Crippen LogP contribution in [0, 0.1) is 23.0 Å². The molecule has 0 fully saturated rings. The fourth-order valence-corrected chi connectivity index (χ4v) is 2.04. The van der Waals surface area contributed by atoms with Crippen LogP contribution in [0.5, 0.6) is 0 Å². The van der Waals surface area contributed by atoms with E-state index in [2.05, 4.69) is 15.6 Å². The first kappa shape index (κ1) is 17.4. The lowest BCUT2D eigenvalue weighted by molar-refractivity contribution is 0.604. The van der Waals surface area contributed by atoms with Gasteiger partial charge in [-0.05, 0) is 36.8 Å². The second-order valence-electron chi connectivity index (χ2n) is 5.09. The summed E-state index contributed by atoms with van der Waals surface area (Å²) in [5, 5.41) is 14.9. The maximum absolute atomic E-state index is 13.9. The summed E-state index contributed by atoms with van der Waals surface area (Å²) in [6, 6.07) is 12.4. The van der Waals surface area contributed by atoms with Crippen LogP contribution in [0.15, 0.2) is 47.5 Å². The van der Waals surface area contributed by atoms with Gasteiger partial charge in [0.05, 0.1) is 18.2 Å². The Balaban J connectivity index is 2.01. The third-order valence-electron chi connectivity index (χ3n) is 3.31. The van der Waals surface area contributed by atoms with Gasteiger partial charge in [0.25, 0.3) is 0 Å². The van der Waals surface area contributed by atoms with Gasteiger partial charge in [-0.15, -0.1) is 0 Å². The number of benzene rings is 2. The number of guanidine groups is 1. The molecule has 2 rings (SSSR count). The number of nitrogens with zero attached hydrogens (tertiary/aromatic N) is 2. The Kier molecular flexibility index (Phi) is 6.26. The van der Waals surface area contributed by atoms with E-state index in [-0.39, 0.29) is 17.9 Å². The van der Waals surface area contributed by atoms with Crippen LogP contribution in [-0.4, -0.2) is 12.5 Å². The minimum absolute atomic E-state index is 0.243. The minimum atomic E-state index is -0.434. The topological polar surface area (TPSA) is 60.2 Å². The van der Waals surface area contributed by atoms with Crippen molar-refractivity contribution in [3.8, 4) is 6.07 Å². The molecule has 0 amide bonds. The van der Waals surface area contributed by atoms with Crippen molar-refractivity contribution in [1.29, 1.82) is 5.26 Å². The van der Waals surface area contributed by atoms with Crippen molar-refractivity contribution >= 4 is 5.96 Å². The first-order chi connectivity index (χ1) is 11.6. The van der Waals surface area contributed by atoms with E-state index in [1.165, 1.54) is 18.2 Å². The molecule has 4 nitrogen and oxygen atoms in total. The lowest BCUT2D eigenvalue weighted by atomic mass is 10.1. The summed E-state index contributed by atoms with van der Waals surface area (Å²) >= 11 is 0. The molecule has 2 aromatic carbocycles. The standard InChI is InChI=1S/C18H18F2N4/c1-2-22-18(23-11-13-4-7-16(19)8-5-13)24-12-15-6-3-14(10-21)9-17(15)20/h3-9H,2,11-12H2,1H3,(H2,22,23,24). The Hall–Kier alpha value is -2.94. The Bertz CT molecular complexity index is 749. The zero-order chi connectivity index (χ0) is 17.4. The molecule has 0 aliphatic carbocycles. The fourth-order valence-electron chi connectivity index (χ4n) is 2.04. The van der Waals surface area contributed by atoms with Crippen LogP contribution in [-0.2, 0) is 13.1 Å². The van der Waals surface area contributed by atoms with Crippen LogP contribution < -0.4 is 10.6 Å². The van der Waals surface area contributed by atoms with Crippen molar-refractivity contribution in [1.82, 2.24) is 10.6 Å². The summed E-state index contributed by atoms with van der Waals surface area (Å²) < 4.78 is 26.8. The number of nitrogens with one attached hydrogen (secondary N) is 2. The third kappa shape index (κ3) is 5.06. The predicted octanol–water partition coefficient (Wildman–Crippen LogP) is 3.09. The molecule has 0 radical (unpaired) electrons. The number of rotatable bonds is 5. The largest absolute Gasteiger partial charge is 0.357 e. The fraction of sp³-hybridized carbons (Fsp3) is 0.222. The quantitative estimate of drug-likeness (QED) is 0.655. The van der Waals surface area contributed by atoms with Crippen LogP contribution in [0.4, 0.5) is 8.78 Å². The molecule has 6 heteroatoms.